The maximum absolute atomic E-state index is 8.89. The average molecular weight is 468 g/mol. The zero-order valence-electron chi connectivity index (χ0n) is 22.6. The Kier molecular flexibility index (Phi) is 4.26. The zero-order valence-corrected chi connectivity index (χ0v) is 22.6. The molecule has 35 heavy (non-hydrogen) atoms. The first-order chi connectivity index (χ1) is 16.2. The molecule has 182 valence electrons. The van der Waals surface area contributed by atoms with Gasteiger partial charge in [-0.15, -0.1) is 0 Å². The number of ether oxygens (including phenoxy) is 2. The SMILES string of the molecule is CNC1=C2B(c3cc4c(cc3OC2=N)C(C)(C)CC4(C)C)c2cc3c(cc2O1)C(C)(C)CC3(C)C. The molecule has 0 aromatic heterocycles. The van der Waals surface area contributed by atoms with E-state index in [2.05, 4.69) is 85.0 Å². The maximum Gasteiger partial charge on any atom is 0.265 e. The summed E-state index contributed by atoms with van der Waals surface area (Å²) in [6, 6.07) is 9.24. The molecule has 4 nitrogen and oxygen atoms in total. The normalized spacial score (nSPS) is 23.5. The molecule has 0 bridgehead atoms. The molecule has 0 spiro atoms. The molecular formula is C30H37BN2O2. The minimum absolute atomic E-state index is 0.0790. The van der Waals surface area contributed by atoms with Crippen molar-refractivity contribution in [3.63, 3.8) is 0 Å². The van der Waals surface area contributed by atoms with Crippen molar-refractivity contribution in [1.82, 2.24) is 5.32 Å². The van der Waals surface area contributed by atoms with Crippen LogP contribution in [0.15, 0.2) is 35.6 Å². The van der Waals surface area contributed by atoms with Crippen LogP contribution in [0.1, 0.15) is 90.5 Å². The van der Waals surface area contributed by atoms with Gasteiger partial charge in [0.2, 0.25) is 5.90 Å². The lowest BCUT2D eigenvalue weighted by Gasteiger charge is -2.35. The fourth-order valence-electron chi connectivity index (χ4n) is 8.01. The molecule has 0 saturated heterocycles. The van der Waals surface area contributed by atoms with Gasteiger partial charge in [-0.05, 0) is 79.8 Å². The second-order valence-corrected chi connectivity index (χ2v) is 13.7. The van der Waals surface area contributed by atoms with Gasteiger partial charge in [-0.3, -0.25) is 5.41 Å². The topological polar surface area (TPSA) is 54.3 Å². The van der Waals surface area contributed by atoms with Gasteiger partial charge in [0.25, 0.3) is 6.71 Å². The number of rotatable bonds is 1. The molecular weight excluding hydrogens is 431 g/mol. The van der Waals surface area contributed by atoms with Crippen LogP contribution < -0.4 is 25.7 Å². The predicted molar refractivity (Wildman–Crippen MR) is 144 cm³/mol. The van der Waals surface area contributed by atoms with Crippen molar-refractivity contribution in [3.05, 3.63) is 57.9 Å². The number of hydrogen-bond donors (Lipinski definition) is 2. The summed E-state index contributed by atoms with van der Waals surface area (Å²) < 4.78 is 12.6. The van der Waals surface area contributed by atoms with Crippen LogP contribution in [0.5, 0.6) is 11.5 Å². The van der Waals surface area contributed by atoms with Crippen molar-refractivity contribution in [2.75, 3.05) is 7.05 Å². The van der Waals surface area contributed by atoms with Gasteiger partial charge in [0.1, 0.15) is 11.5 Å². The molecule has 2 aliphatic heterocycles. The van der Waals surface area contributed by atoms with Crippen molar-refractivity contribution in [1.29, 1.82) is 5.41 Å². The summed E-state index contributed by atoms with van der Waals surface area (Å²) in [4.78, 5) is 0. The predicted octanol–water partition coefficient (Wildman–Crippen LogP) is 4.95. The van der Waals surface area contributed by atoms with Crippen LogP contribution in [-0.2, 0) is 21.7 Å². The monoisotopic (exact) mass is 468 g/mol. The van der Waals surface area contributed by atoms with Gasteiger partial charge < -0.3 is 14.8 Å². The minimum Gasteiger partial charge on any atom is -0.442 e. The molecule has 5 heteroatoms. The quantitative estimate of drug-likeness (QED) is 0.583. The van der Waals surface area contributed by atoms with Crippen molar-refractivity contribution >= 4 is 23.5 Å². The van der Waals surface area contributed by atoms with Crippen molar-refractivity contribution in [2.24, 2.45) is 0 Å². The third-order valence-electron chi connectivity index (χ3n) is 9.04. The summed E-state index contributed by atoms with van der Waals surface area (Å²) in [6.45, 7) is 18.6. The van der Waals surface area contributed by atoms with E-state index >= 15 is 0 Å². The molecule has 2 heterocycles. The van der Waals surface area contributed by atoms with E-state index < -0.39 is 0 Å². The second-order valence-electron chi connectivity index (χ2n) is 13.7. The first-order valence-electron chi connectivity index (χ1n) is 12.9. The maximum atomic E-state index is 8.89. The van der Waals surface area contributed by atoms with Gasteiger partial charge in [0.15, 0.2) is 5.88 Å². The molecule has 6 rings (SSSR count). The van der Waals surface area contributed by atoms with Gasteiger partial charge in [-0.1, -0.05) is 67.5 Å². The highest BCUT2D eigenvalue weighted by Crippen LogP contribution is 2.52. The average Bonchev–Trinajstić information content (AvgIpc) is 3.04. The first-order valence-corrected chi connectivity index (χ1v) is 12.9. The lowest BCUT2D eigenvalue weighted by Crippen LogP contribution is -2.55. The fourth-order valence-corrected chi connectivity index (χ4v) is 8.01. The van der Waals surface area contributed by atoms with Crippen molar-refractivity contribution < 1.29 is 9.47 Å². The van der Waals surface area contributed by atoms with E-state index in [1.165, 1.54) is 22.3 Å². The Morgan fingerprint density at radius 1 is 0.686 bits per heavy atom. The summed E-state index contributed by atoms with van der Waals surface area (Å²) in [5.41, 5.74) is 8.96. The van der Waals surface area contributed by atoms with Crippen LogP contribution in [0, 0.1) is 5.41 Å². The molecule has 0 saturated carbocycles. The smallest absolute Gasteiger partial charge is 0.265 e. The Hall–Kier alpha value is -2.69. The summed E-state index contributed by atoms with van der Waals surface area (Å²) >= 11 is 0. The van der Waals surface area contributed by atoms with Gasteiger partial charge >= 0.3 is 0 Å². The molecule has 0 unspecified atom stereocenters. The van der Waals surface area contributed by atoms with Gasteiger partial charge in [0, 0.05) is 7.05 Å². The molecule has 0 amide bonds. The standard InChI is InChI=1S/C30H37BN2O2/c1-27(2)14-29(5,6)18-12-22-20(10-16(18)27)31-21-11-17-19(30(7,8)15-28(17,3)4)13-23(21)35-26(33-9)24(31)25(32)34-22/h10-13,32-33H,14-15H2,1-9H3. The van der Waals surface area contributed by atoms with Crippen LogP contribution in [0.2, 0.25) is 0 Å². The van der Waals surface area contributed by atoms with Crippen LogP contribution >= 0.6 is 0 Å². The number of benzene rings is 2. The second kappa shape index (κ2) is 6.54. The number of hydrogen-bond acceptors (Lipinski definition) is 4. The van der Waals surface area contributed by atoms with E-state index in [4.69, 9.17) is 14.9 Å². The first kappa shape index (κ1) is 22.8. The summed E-state index contributed by atoms with van der Waals surface area (Å²) in [5, 5.41) is 12.1. The molecule has 2 N–H and O–H groups in total. The highest BCUT2D eigenvalue weighted by Gasteiger charge is 2.49. The van der Waals surface area contributed by atoms with Crippen LogP contribution in [0.25, 0.3) is 0 Å². The zero-order chi connectivity index (χ0) is 25.3. The highest BCUT2D eigenvalue weighted by atomic mass is 16.5. The van der Waals surface area contributed by atoms with Crippen LogP contribution in [0.4, 0.5) is 0 Å². The Balaban J connectivity index is 1.64. The summed E-state index contributed by atoms with van der Waals surface area (Å²) in [6.07, 6.45) is 2.20. The Morgan fingerprint density at radius 3 is 1.51 bits per heavy atom. The Morgan fingerprint density at radius 2 is 1.09 bits per heavy atom. The number of fused-ring (bicyclic) bond motifs is 7. The third kappa shape index (κ3) is 2.96. The summed E-state index contributed by atoms with van der Waals surface area (Å²) in [7, 11) is 1.86. The molecule has 2 aromatic rings. The van der Waals surface area contributed by atoms with E-state index in [-0.39, 0.29) is 34.3 Å². The van der Waals surface area contributed by atoms with E-state index in [0.29, 0.717) is 5.88 Å². The van der Waals surface area contributed by atoms with E-state index in [9.17, 15) is 0 Å². The van der Waals surface area contributed by atoms with Crippen molar-refractivity contribution in [3.8, 4) is 11.5 Å². The molecule has 0 atom stereocenters. The largest absolute Gasteiger partial charge is 0.442 e. The summed E-state index contributed by atoms with van der Waals surface area (Å²) in [5.74, 6) is 2.51. The van der Waals surface area contributed by atoms with E-state index in [1.807, 2.05) is 7.05 Å². The van der Waals surface area contributed by atoms with E-state index in [0.717, 1.165) is 40.7 Å². The lowest BCUT2D eigenvalue weighted by molar-refractivity contribution is 0.385. The van der Waals surface area contributed by atoms with E-state index in [1.54, 1.807) is 0 Å². The van der Waals surface area contributed by atoms with Crippen LogP contribution in [-0.4, -0.2) is 19.7 Å². The Labute approximate surface area is 210 Å². The van der Waals surface area contributed by atoms with Crippen molar-refractivity contribution in [2.45, 2.75) is 89.9 Å². The number of nitrogens with one attached hydrogen (secondary N) is 2. The highest BCUT2D eigenvalue weighted by molar-refractivity contribution is 6.96. The van der Waals surface area contributed by atoms with Crippen LogP contribution in [0.3, 0.4) is 0 Å². The molecule has 4 aliphatic rings. The molecule has 0 fully saturated rings. The lowest BCUT2D eigenvalue weighted by atomic mass is 9.34. The molecule has 2 aromatic carbocycles. The fraction of sp³-hybridized carbons (Fsp3) is 0.500. The third-order valence-corrected chi connectivity index (χ3v) is 9.04. The van der Waals surface area contributed by atoms with Gasteiger partial charge in [0.05, 0.1) is 5.47 Å². The van der Waals surface area contributed by atoms with Gasteiger partial charge in [-0.2, -0.15) is 0 Å². The molecule has 0 radical (unpaired) electrons. The van der Waals surface area contributed by atoms with Gasteiger partial charge in [-0.25, -0.2) is 0 Å². The molecule has 2 aliphatic carbocycles. The minimum atomic E-state index is -0.0907. The Bertz CT molecular complexity index is 1360.